The number of nitro groups is 1. The molecule has 0 radical (unpaired) electrons. The molecule has 1 saturated heterocycles. The van der Waals surface area contributed by atoms with Gasteiger partial charge in [0.25, 0.3) is 5.69 Å². The summed E-state index contributed by atoms with van der Waals surface area (Å²) < 4.78 is 26.2. The van der Waals surface area contributed by atoms with Crippen molar-refractivity contribution in [3.05, 3.63) is 46.5 Å². The highest BCUT2D eigenvalue weighted by atomic mass is 32.2. The third-order valence-electron chi connectivity index (χ3n) is 3.51. The molecule has 2 aliphatic rings. The third kappa shape index (κ3) is 1.95. The molecule has 0 aromatic heterocycles. The van der Waals surface area contributed by atoms with Gasteiger partial charge in [0.1, 0.15) is 0 Å². The van der Waals surface area contributed by atoms with Crippen molar-refractivity contribution in [1.29, 1.82) is 0 Å². The summed E-state index contributed by atoms with van der Waals surface area (Å²) >= 11 is 0. The van der Waals surface area contributed by atoms with Crippen molar-refractivity contribution >= 4 is 15.7 Å². The maximum atomic E-state index is 12.4. The normalized spacial score (nSPS) is 28.7. The summed E-state index contributed by atoms with van der Waals surface area (Å²) in [5, 5.41) is 10.5. The average Bonchev–Trinajstić information content (AvgIpc) is 3.13. The molecule has 1 heterocycles. The molecule has 3 atom stereocenters. The summed E-state index contributed by atoms with van der Waals surface area (Å²) in [7, 11) is -3.53. The lowest BCUT2D eigenvalue weighted by Crippen LogP contribution is -2.15. The van der Waals surface area contributed by atoms with Crippen molar-refractivity contribution in [2.45, 2.75) is 29.8 Å². The largest absolute Gasteiger partial charge is 0.269 e. The topological polar surface area (TPSA) is 80.3 Å². The Labute approximate surface area is 110 Å². The fourth-order valence-corrected chi connectivity index (χ4v) is 4.28. The van der Waals surface area contributed by atoms with Gasteiger partial charge < -0.3 is 0 Å². The quantitative estimate of drug-likeness (QED) is 0.365. The lowest BCUT2D eigenvalue weighted by Gasteiger charge is -2.05. The smallest absolute Gasteiger partial charge is 0.258 e. The van der Waals surface area contributed by atoms with Crippen LogP contribution in [0.2, 0.25) is 0 Å². The second-order valence-corrected chi connectivity index (χ2v) is 6.49. The Balaban J connectivity index is 1.89. The van der Waals surface area contributed by atoms with Crippen molar-refractivity contribution < 1.29 is 13.3 Å². The van der Waals surface area contributed by atoms with Crippen LogP contribution in [0.4, 0.5) is 5.69 Å². The van der Waals surface area contributed by atoms with Crippen LogP contribution < -0.4 is 0 Å². The molecule has 1 aliphatic carbocycles. The molecule has 3 rings (SSSR count). The molecule has 0 N–H and O–H groups in total. The Hall–Kier alpha value is -1.73. The van der Waals surface area contributed by atoms with E-state index in [1.165, 1.54) is 28.6 Å². The van der Waals surface area contributed by atoms with E-state index in [1.807, 2.05) is 12.2 Å². The van der Waals surface area contributed by atoms with Crippen molar-refractivity contribution in [1.82, 2.24) is 4.31 Å². The maximum absolute atomic E-state index is 12.4. The van der Waals surface area contributed by atoms with Crippen LogP contribution in [0, 0.1) is 10.1 Å². The van der Waals surface area contributed by atoms with E-state index >= 15 is 0 Å². The number of rotatable bonds is 3. The van der Waals surface area contributed by atoms with Crippen LogP contribution in [0.1, 0.15) is 12.8 Å². The molecule has 0 bridgehead atoms. The van der Waals surface area contributed by atoms with Crippen molar-refractivity contribution in [2.75, 3.05) is 0 Å². The van der Waals surface area contributed by atoms with Gasteiger partial charge in [0.2, 0.25) is 10.0 Å². The van der Waals surface area contributed by atoms with Gasteiger partial charge in [-0.15, -0.1) is 0 Å². The van der Waals surface area contributed by atoms with E-state index < -0.39 is 14.9 Å². The van der Waals surface area contributed by atoms with E-state index in [0.29, 0.717) is 0 Å². The fourth-order valence-electron chi connectivity index (χ4n) is 2.49. The van der Waals surface area contributed by atoms with E-state index in [0.717, 1.165) is 12.8 Å². The number of nitrogens with zero attached hydrogens (tertiary/aromatic N) is 2. The first-order valence-electron chi connectivity index (χ1n) is 5.96. The van der Waals surface area contributed by atoms with E-state index in [4.69, 9.17) is 0 Å². The molecule has 1 aliphatic heterocycles. The minimum atomic E-state index is -3.53. The number of hydrogen-bond acceptors (Lipinski definition) is 4. The molecule has 1 aromatic carbocycles. The number of non-ortho nitro benzene ring substituents is 1. The van der Waals surface area contributed by atoms with E-state index in [-0.39, 0.29) is 22.7 Å². The second-order valence-electron chi connectivity index (χ2n) is 4.65. The number of allylic oxidation sites excluding steroid dienone is 1. The van der Waals surface area contributed by atoms with Gasteiger partial charge in [0.05, 0.1) is 15.9 Å². The van der Waals surface area contributed by atoms with Crippen LogP contribution in [-0.2, 0) is 10.0 Å². The number of hydrogen-bond donors (Lipinski definition) is 0. The molecule has 0 spiro atoms. The summed E-state index contributed by atoms with van der Waals surface area (Å²) in [5.41, 5.74) is -0.109. The van der Waals surface area contributed by atoms with Crippen molar-refractivity contribution in [2.24, 2.45) is 0 Å². The first kappa shape index (κ1) is 12.3. The Morgan fingerprint density at radius 1 is 1.26 bits per heavy atom. The van der Waals surface area contributed by atoms with Crippen LogP contribution in [0.3, 0.4) is 0 Å². The summed E-state index contributed by atoms with van der Waals surface area (Å²) in [6.45, 7) is 0. The molecule has 0 amide bonds. The third-order valence-corrected chi connectivity index (χ3v) is 5.45. The van der Waals surface area contributed by atoms with Gasteiger partial charge >= 0.3 is 0 Å². The van der Waals surface area contributed by atoms with E-state index in [1.54, 1.807) is 0 Å². The van der Waals surface area contributed by atoms with E-state index in [2.05, 4.69) is 0 Å². The Bertz CT molecular complexity index is 651. The number of benzene rings is 1. The highest BCUT2D eigenvalue weighted by Gasteiger charge is 2.54. The van der Waals surface area contributed by atoms with Gasteiger partial charge in [-0.05, 0) is 25.0 Å². The van der Waals surface area contributed by atoms with Gasteiger partial charge in [0.15, 0.2) is 0 Å². The molecule has 19 heavy (non-hydrogen) atoms. The molecular weight excluding hydrogens is 268 g/mol. The molecule has 100 valence electrons. The molecule has 1 aromatic rings. The van der Waals surface area contributed by atoms with Gasteiger partial charge in [-0.3, -0.25) is 10.1 Å². The minimum absolute atomic E-state index is 0.0334. The average molecular weight is 280 g/mol. The summed E-state index contributed by atoms with van der Waals surface area (Å²) in [4.78, 5) is 10.1. The maximum Gasteiger partial charge on any atom is 0.269 e. The summed E-state index contributed by atoms with van der Waals surface area (Å²) in [6.07, 6.45) is 5.64. The van der Waals surface area contributed by atoms with E-state index in [9.17, 15) is 18.5 Å². The summed E-state index contributed by atoms with van der Waals surface area (Å²) in [5.74, 6) is 0. The van der Waals surface area contributed by atoms with Gasteiger partial charge in [-0.2, -0.15) is 4.31 Å². The molecular formula is C12H12N2O4S. The highest BCUT2D eigenvalue weighted by Crippen LogP contribution is 2.41. The Kier molecular flexibility index (Phi) is 2.68. The van der Waals surface area contributed by atoms with Crippen LogP contribution >= 0.6 is 0 Å². The minimum Gasteiger partial charge on any atom is -0.258 e. The van der Waals surface area contributed by atoms with Crippen molar-refractivity contribution in [3.63, 3.8) is 0 Å². The molecule has 1 unspecified atom stereocenters. The molecule has 7 heteroatoms. The Morgan fingerprint density at radius 3 is 2.47 bits per heavy atom. The molecule has 1 fully saturated rings. The van der Waals surface area contributed by atoms with Crippen LogP contribution in [0.25, 0.3) is 0 Å². The molecule has 0 saturated carbocycles. The van der Waals surface area contributed by atoms with Crippen LogP contribution in [0.15, 0.2) is 41.3 Å². The monoisotopic (exact) mass is 280 g/mol. The zero-order chi connectivity index (χ0) is 13.6. The highest BCUT2D eigenvalue weighted by molar-refractivity contribution is 7.89. The first-order chi connectivity index (χ1) is 9.01. The van der Waals surface area contributed by atoms with Crippen LogP contribution in [-0.4, -0.2) is 29.7 Å². The van der Waals surface area contributed by atoms with Gasteiger partial charge in [-0.25, -0.2) is 8.42 Å². The van der Waals surface area contributed by atoms with Crippen molar-refractivity contribution in [3.8, 4) is 0 Å². The van der Waals surface area contributed by atoms with Gasteiger partial charge in [0, 0.05) is 18.2 Å². The predicted molar refractivity (Wildman–Crippen MR) is 68.1 cm³/mol. The van der Waals surface area contributed by atoms with Crippen LogP contribution in [0.5, 0.6) is 0 Å². The number of nitro benzene ring substituents is 1. The zero-order valence-corrected chi connectivity index (χ0v) is 10.8. The Morgan fingerprint density at radius 2 is 1.95 bits per heavy atom. The molecule has 6 nitrogen and oxygen atoms in total. The fraction of sp³-hybridized carbons (Fsp3) is 0.333. The lowest BCUT2D eigenvalue weighted by molar-refractivity contribution is -0.384. The first-order valence-corrected chi connectivity index (χ1v) is 7.40. The second kappa shape index (κ2) is 4.14. The summed E-state index contributed by atoms with van der Waals surface area (Å²) in [6, 6.07) is 5.05. The standard InChI is InChI=1S/C12H12N2O4S/c15-14(16)9-5-7-10(8-6-9)19(17,18)13-11-3-1-2-4-12(11)13/h1,3,5-8,11-12H,2,4H2/t11-,12+,13?/m0/s1. The SMILES string of the molecule is O=[N+]([O-])c1ccc(S(=O)(=O)N2[C@@H]3CCC=C[C@@H]32)cc1. The lowest BCUT2D eigenvalue weighted by atomic mass is 10.1. The zero-order valence-electron chi connectivity index (χ0n) is 9.97. The number of fused-ring (bicyclic) bond motifs is 1. The van der Waals surface area contributed by atoms with Gasteiger partial charge in [-0.1, -0.05) is 12.2 Å². The predicted octanol–water partition coefficient (Wildman–Crippen LogP) is 1.69. The number of sulfonamides is 1.